The molecule has 4 nitrogen and oxygen atoms in total. The number of nitrogens with zero attached hydrogens (tertiary/aromatic N) is 4. The minimum absolute atomic E-state index is 0.741. The summed E-state index contributed by atoms with van der Waals surface area (Å²) in [5.41, 5.74) is 0. The average Bonchev–Trinajstić information content (AvgIpc) is 3.14. The maximum absolute atomic E-state index is 4.61. The molecule has 0 aromatic carbocycles. The zero-order valence-electron chi connectivity index (χ0n) is 13.2. The Morgan fingerprint density at radius 3 is 2.95 bits per heavy atom. The van der Waals surface area contributed by atoms with E-state index >= 15 is 0 Å². The van der Waals surface area contributed by atoms with Gasteiger partial charge in [-0.1, -0.05) is 0 Å². The third-order valence-corrected chi connectivity index (χ3v) is 6.02. The van der Waals surface area contributed by atoms with Crippen LogP contribution in [0.2, 0.25) is 0 Å². The molecule has 1 aliphatic heterocycles. The molecule has 2 aromatic rings. The maximum atomic E-state index is 4.61. The summed E-state index contributed by atoms with van der Waals surface area (Å²) < 4.78 is 2.16. The predicted octanol–water partition coefficient (Wildman–Crippen LogP) is 3.21. The molecule has 1 saturated carbocycles. The SMILES string of the molecule is Cn1ccnc1C[C@@H]1CCCN(Cc2cnc(C3CC3)s2)C1. The number of thiazole rings is 1. The van der Waals surface area contributed by atoms with Crippen LogP contribution in [-0.4, -0.2) is 32.5 Å². The smallest absolute Gasteiger partial charge is 0.108 e. The molecule has 0 bridgehead atoms. The zero-order valence-corrected chi connectivity index (χ0v) is 14.1. The van der Waals surface area contributed by atoms with E-state index in [1.165, 1.54) is 54.5 Å². The Balaban J connectivity index is 1.34. The van der Waals surface area contributed by atoms with E-state index in [4.69, 9.17) is 0 Å². The first-order valence-electron chi connectivity index (χ1n) is 8.41. The summed E-state index contributed by atoms with van der Waals surface area (Å²) in [4.78, 5) is 13.2. The fraction of sp³-hybridized carbons (Fsp3) is 0.647. The second kappa shape index (κ2) is 6.13. The normalized spacial score (nSPS) is 23.0. The summed E-state index contributed by atoms with van der Waals surface area (Å²) in [6.45, 7) is 3.51. The second-order valence-electron chi connectivity index (χ2n) is 6.84. The lowest BCUT2D eigenvalue weighted by molar-refractivity contribution is 0.166. The summed E-state index contributed by atoms with van der Waals surface area (Å²) >= 11 is 1.94. The van der Waals surface area contributed by atoms with Crippen LogP contribution in [0.25, 0.3) is 0 Å². The lowest BCUT2D eigenvalue weighted by Crippen LogP contribution is -2.35. The number of piperidine rings is 1. The van der Waals surface area contributed by atoms with Crippen molar-refractivity contribution in [2.45, 2.75) is 44.6 Å². The van der Waals surface area contributed by atoms with Crippen molar-refractivity contribution in [3.63, 3.8) is 0 Å². The number of hydrogen-bond donors (Lipinski definition) is 0. The van der Waals surface area contributed by atoms with Gasteiger partial charge < -0.3 is 4.57 Å². The number of hydrogen-bond acceptors (Lipinski definition) is 4. The highest BCUT2D eigenvalue weighted by molar-refractivity contribution is 7.11. The molecule has 22 heavy (non-hydrogen) atoms. The first-order valence-corrected chi connectivity index (χ1v) is 9.23. The van der Waals surface area contributed by atoms with Gasteiger partial charge in [0, 0.05) is 55.9 Å². The summed E-state index contributed by atoms with van der Waals surface area (Å²) in [6.07, 6.45) is 12.5. The van der Waals surface area contributed by atoms with Crippen molar-refractivity contribution >= 4 is 11.3 Å². The number of imidazole rings is 1. The number of aryl methyl sites for hydroxylation is 1. The molecule has 1 atom stereocenters. The van der Waals surface area contributed by atoms with Gasteiger partial charge in [-0.15, -0.1) is 11.3 Å². The van der Waals surface area contributed by atoms with Gasteiger partial charge in [-0.3, -0.25) is 4.90 Å². The highest BCUT2D eigenvalue weighted by Crippen LogP contribution is 2.42. The van der Waals surface area contributed by atoms with Crippen LogP contribution in [-0.2, 0) is 20.0 Å². The predicted molar refractivity (Wildman–Crippen MR) is 89.0 cm³/mol. The van der Waals surface area contributed by atoms with Gasteiger partial charge in [-0.05, 0) is 38.1 Å². The molecule has 2 aliphatic rings. The van der Waals surface area contributed by atoms with Gasteiger partial charge in [0.2, 0.25) is 0 Å². The zero-order chi connectivity index (χ0) is 14.9. The van der Waals surface area contributed by atoms with Gasteiger partial charge in [0.15, 0.2) is 0 Å². The monoisotopic (exact) mass is 316 g/mol. The van der Waals surface area contributed by atoms with Gasteiger partial charge in [0.25, 0.3) is 0 Å². The van der Waals surface area contributed by atoms with Crippen LogP contribution in [0, 0.1) is 5.92 Å². The van der Waals surface area contributed by atoms with Gasteiger partial charge >= 0.3 is 0 Å². The van der Waals surface area contributed by atoms with E-state index in [2.05, 4.69) is 32.7 Å². The summed E-state index contributed by atoms with van der Waals surface area (Å²) in [7, 11) is 2.10. The van der Waals surface area contributed by atoms with Crippen LogP contribution in [0.4, 0.5) is 0 Å². The highest BCUT2D eigenvalue weighted by atomic mass is 32.1. The maximum Gasteiger partial charge on any atom is 0.108 e. The Morgan fingerprint density at radius 2 is 2.18 bits per heavy atom. The molecule has 1 saturated heterocycles. The summed E-state index contributed by atoms with van der Waals surface area (Å²) in [5, 5.41) is 1.37. The van der Waals surface area contributed by atoms with E-state index in [1.807, 2.05) is 23.7 Å². The van der Waals surface area contributed by atoms with Crippen molar-refractivity contribution < 1.29 is 0 Å². The molecule has 2 fully saturated rings. The van der Waals surface area contributed by atoms with Crippen LogP contribution in [0.5, 0.6) is 0 Å². The Hall–Kier alpha value is -1.20. The van der Waals surface area contributed by atoms with Gasteiger partial charge in [0.1, 0.15) is 5.82 Å². The molecule has 4 rings (SSSR count). The lowest BCUT2D eigenvalue weighted by Gasteiger charge is -2.32. The Labute approximate surface area is 136 Å². The third kappa shape index (κ3) is 3.25. The molecule has 3 heterocycles. The van der Waals surface area contributed by atoms with E-state index in [0.717, 1.165) is 24.8 Å². The van der Waals surface area contributed by atoms with Crippen molar-refractivity contribution in [2.75, 3.05) is 13.1 Å². The number of likely N-dealkylation sites (tertiary alicyclic amines) is 1. The summed E-state index contributed by atoms with van der Waals surface area (Å²) in [6, 6.07) is 0. The van der Waals surface area contributed by atoms with E-state index in [1.54, 1.807) is 0 Å². The molecule has 0 radical (unpaired) electrons. The molecule has 2 aromatic heterocycles. The fourth-order valence-corrected chi connectivity index (χ4v) is 4.58. The average molecular weight is 316 g/mol. The molecule has 0 N–H and O–H groups in total. The molecule has 118 valence electrons. The van der Waals surface area contributed by atoms with Crippen molar-refractivity contribution in [3.05, 3.63) is 34.3 Å². The van der Waals surface area contributed by atoms with Crippen molar-refractivity contribution in [1.29, 1.82) is 0 Å². The van der Waals surface area contributed by atoms with Gasteiger partial charge in [-0.2, -0.15) is 0 Å². The fourth-order valence-electron chi connectivity index (χ4n) is 3.45. The van der Waals surface area contributed by atoms with E-state index < -0.39 is 0 Å². The Morgan fingerprint density at radius 1 is 1.27 bits per heavy atom. The third-order valence-electron chi connectivity index (χ3n) is 4.87. The molecule has 1 aliphatic carbocycles. The summed E-state index contributed by atoms with van der Waals surface area (Å²) in [5.74, 6) is 2.75. The quantitative estimate of drug-likeness (QED) is 0.849. The van der Waals surface area contributed by atoms with Gasteiger partial charge in [-0.25, -0.2) is 9.97 Å². The molecule has 0 unspecified atom stereocenters. The Bertz CT molecular complexity index is 628. The van der Waals surface area contributed by atoms with Crippen LogP contribution < -0.4 is 0 Å². The first-order chi connectivity index (χ1) is 10.8. The van der Waals surface area contributed by atoms with E-state index in [-0.39, 0.29) is 0 Å². The van der Waals surface area contributed by atoms with Crippen molar-refractivity contribution in [2.24, 2.45) is 13.0 Å². The second-order valence-corrected chi connectivity index (χ2v) is 7.99. The number of rotatable bonds is 5. The topological polar surface area (TPSA) is 34.0 Å². The van der Waals surface area contributed by atoms with E-state index in [9.17, 15) is 0 Å². The minimum Gasteiger partial charge on any atom is -0.338 e. The van der Waals surface area contributed by atoms with Crippen LogP contribution in [0.3, 0.4) is 0 Å². The first kappa shape index (κ1) is 14.4. The largest absolute Gasteiger partial charge is 0.338 e. The molecular formula is C17H24N4S. The minimum atomic E-state index is 0.741. The van der Waals surface area contributed by atoms with Gasteiger partial charge in [0.05, 0.1) is 5.01 Å². The molecule has 5 heteroatoms. The number of aromatic nitrogens is 3. The molecule has 0 amide bonds. The van der Waals surface area contributed by atoms with Crippen molar-refractivity contribution in [3.8, 4) is 0 Å². The molecule has 0 spiro atoms. The lowest BCUT2D eigenvalue weighted by atomic mass is 9.94. The van der Waals surface area contributed by atoms with Crippen molar-refractivity contribution in [1.82, 2.24) is 19.4 Å². The van der Waals surface area contributed by atoms with Crippen LogP contribution in [0.15, 0.2) is 18.6 Å². The molecular weight excluding hydrogens is 292 g/mol. The highest BCUT2D eigenvalue weighted by Gasteiger charge is 2.27. The van der Waals surface area contributed by atoms with Crippen LogP contribution >= 0.6 is 11.3 Å². The standard InChI is InChI=1S/C17H24N4S/c1-20-8-6-18-16(20)9-13-3-2-7-21(11-13)12-15-10-19-17(22-15)14-4-5-14/h6,8,10,13-14H,2-5,7,9,11-12H2,1H3/t13-/m0/s1. The van der Waals surface area contributed by atoms with E-state index in [0.29, 0.717) is 0 Å². The Kier molecular flexibility index (Phi) is 4.01. The van der Waals surface area contributed by atoms with Crippen LogP contribution in [0.1, 0.15) is 47.3 Å².